The molecule has 4 nitrogen and oxygen atoms in total. The van der Waals surface area contributed by atoms with Crippen LogP contribution in [0.1, 0.15) is 18.4 Å². The molecule has 1 saturated heterocycles. The third kappa shape index (κ3) is 2.80. The van der Waals surface area contributed by atoms with E-state index in [0.29, 0.717) is 12.0 Å². The number of anilines is 1. The number of amides is 1. The Balaban J connectivity index is 1.89. The molecule has 1 amide bonds. The van der Waals surface area contributed by atoms with Crippen LogP contribution in [-0.4, -0.2) is 37.5 Å². The minimum absolute atomic E-state index is 0.267. The molecule has 1 heterocycles. The molecular formula is C14H17N3O. The van der Waals surface area contributed by atoms with Gasteiger partial charge in [0.25, 0.3) is 0 Å². The standard InChI is InChI=1S/C14H17N3O/c1-16(9-10-17-8-2-3-14(17)18)13-6-4-12(11-15)5-7-13/h4-7H,2-3,8-10H2,1H3. The highest BCUT2D eigenvalue weighted by molar-refractivity contribution is 5.78. The average Bonchev–Trinajstić information content (AvgIpc) is 2.81. The number of hydrogen-bond acceptors (Lipinski definition) is 3. The molecule has 0 bridgehead atoms. The lowest BCUT2D eigenvalue weighted by atomic mass is 10.2. The van der Waals surface area contributed by atoms with Gasteiger partial charge >= 0.3 is 0 Å². The van der Waals surface area contributed by atoms with Gasteiger partial charge in [-0.1, -0.05) is 0 Å². The fourth-order valence-corrected chi connectivity index (χ4v) is 2.13. The number of benzene rings is 1. The van der Waals surface area contributed by atoms with Gasteiger partial charge in [0.2, 0.25) is 5.91 Å². The second kappa shape index (κ2) is 5.54. The Kier molecular flexibility index (Phi) is 3.83. The Hall–Kier alpha value is -2.02. The van der Waals surface area contributed by atoms with Crippen molar-refractivity contribution >= 4 is 11.6 Å². The summed E-state index contributed by atoms with van der Waals surface area (Å²) in [6.45, 7) is 2.48. The van der Waals surface area contributed by atoms with Crippen molar-refractivity contribution in [2.75, 3.05) is 31.6 Å². The predicted octanol–water partition coefficient (Wildman–Crippen LogP) is 1.62. The Labute approximate surface area is 107 Å². The van der Waals surface area contributed by atoms with Crippen LogP contribution in [0.25, 0.3) is 0 Å². The van der Waals surface area contributed by atoms with Crippen LogP contribution in [0.5, 0.6) is 0 Å². The van der Waals surface area contributed by atoms with Gasteiger partial charge in [-0.05, 0) is 30.7 Å². The molecule has 0 atom stereocenters. The lowest BCUT2D eigenvalue weighted by Gasteiger charge is -2.23. The first-order chi connectivity index (χ1) is 8.70. The number of rotatable bonds is 4. The molecule has 4 heteroatoms. The van der Waals surface area contributed by atoms with Gasteiger partial charge < -0.3 is 9.80 Å². The summed E-state index contributed by atoms with van der Waals surface area (Å²) in [6.07, 6.45) is 1.68. The van der Waals surface area contributed by atoms with E-state index in [1.165, 1.54) is 0 Å². The molecule has 1 aromatic carbocycles. The van der Waals surface area contributed by atoms with Crippen molar-refractivity contribution in [3.8, 4) is 6.07 Å². The van der Waals surface area contributed by atoms with Crippen molar-refractivity contribution in [2.45, 2.75) is 12.8 Å². The van der Waals surface area contributed by atoms with Crippen LogP contribution in [0.4, 0.5) is 5.69 Å². The lowest BCUT2D eigenvalue weighted by Crippen LogP contribution is -2.33. The molecule has 0 radical (unpaired) electrons. The molecule has 0 saturated carbocycles. The number of carbonyl (C=O) groups excluding carboxylic acids is 1. The summed E-state index contributed by atoms with van der Waals surface area (Å²) < 4.78 is 0. The molecule has 94 valence electrons. The monoisotopic (exact) mass is 243 g/mol. The van der Waals surface area contributed by atoms with E-state index in [1.807, 2.05) is 36.2 Å². The van der Waals surface area contributed by atoms with E-state index < -0.39 is 0 Å². The van der Waals surface area contributed by atoms with Crippen LogP contribution < -0.4 is 4.90 Å². The molecule has 1 aliphatic rings. The molecule has 0 aromatic heterocycles. The quantitative estimate of drug-likeness (QED) is 0.807. The van der Waals surface area contributed by atoms with Crippen LogP contribution in [0.15, 0.2) is 24.3 Å². The molecule has 0 aliphatic carbocycles. The van der Waals surface area contributed by atoms with E-state index in [1.54, 1.807) is 0 Å². The molecule has 0 unspecified atom stereocenters. The smallest absolute Gasteiger partial charge is 0.222 e. The van der Waals surface area contributed by atoms with Crippen molar-refractivity contribution < 1.29 is 4.79 Å². The van der Waals surface area contributed by atoms with Gasteiger partial charge in [0, 0.05) is 38.8 Å². The van der Waals surface area contributed by atoms with Crippen LogP contribution >= 0.6 is 0 Å². The highest BCUT2D eigenvalue weighted by Gasteiger charge is 2.19. The molecule has 2 rings (SSSR count). The molecular weight excluding hydrogens is 226 g/mol. The van der Waals surface area contributed by atoms with E-state index >= 15 is 0 Å². The maximum absolute atomic E-state index is 11.5. The third-order valence-corrected chi connectivity index (χ3v) is 3.31. The van der Waals surface area contributed by atoms with Gasteiger partial charge in [0.05, 0.1) is 11.6 Å². The highest BCUT2D eigenvalue weighted by atomic mass is 16.2. The summed E-state index contributed by atoms with van der Waals surface area (Å²) in [5.74, 6) is 0.267. The SMILES string of the molecule is CN(CCN1CCCC1=O)c1ccc(C#N)cc1. The summed E-state index contributed by atoms with van der Waals surface area (Å²) in [5, 5.41) is 8.74. The van der Waals surface area contributed by atoms with E-state index in [0.717, 1.165) is 31.7 Å². The van der Waals surface area contributed by atoms with Crippen LogP contribution in [0, 0.1) is 11.3 Å². The topological polar surface area (TPSA) is 47.3 Å². The van der Waals surface area contributed by atoms with E-state index in [4.69, 9.17) is 5.26 Å². The minimum Gasteiger partial charge on any atom is -0.373 e. The number of carbonyl (C=O) groups is 1. The van der Waals surface area contributed by atoms with E-state index in [-0.39, 0.29) is 5.91 Å². The van der Waals surface area contributed by atoms with Crippen molar-refractivity contribution in [1.82, 2.24) is 4.90 Å². The van der Waals surface area contributed by atoms with Gasteiger partial charge in [0.1, 0.15) is 0 Å². The molecule has 1 fully saturated rings. The first kappa shape index (κ1) is 12.4. The zero-order valence-electron chi connectivity index (χ0n) is 10.6. The van der Waals surface area contributed by atoms with Crippen LogP contribution in [-0.2, 0) is 4.79 Å². The maximum atomic E-state index is 11.5. The molecule has 18 heavy (non-hydrogen) atoms. The summed E-state index contributed by atoms with van der Waals surface area (Å²) in [6, 6.07) is 9.60. The minimum atomic E-state index is 0.267. The van der Waals surface area contributed by atoms with Crippen molar-refractivity contribution in [1.29, 1.82) is 5.26 Å². The van der Waals surface area contributed by atoms with E-state index in [9.17, 15) is 4.79 Å². The second-order valence-electron chi connectivity index (χ2n) is 4.56. The van der Waals surface area contributed by atoms with Crippen molar-refractivity contribution in [3.05, 3.63) is 29.8 Å². The van der Waals surface area contributed by atoms with Crippen LogP contribution in [0.2, 0.25) is 0 Å². The first-order valence-corrected chi connectivity index (χ1v) is 6.20. The lowest BCUT2D eigenvalue weighted by molar-refractivity contribution is -0.127. The Bertz CT molecular complexity index is 461. The fraction of sp³-hybridized carbons (Fsp3) is 0.429. The van der Waals surface area contributed by atoms with Gasteiger partial charge in [-0.25, -0.2) is 0 Å². The number of hydrogen-bond donors (Lipinski definition) is 0. The summed E-state index contributed by atoms with van der Waals surface area (Å²) >= 11 is 0. The molecule has 1 aromatic rings. The predicted molar refractivity (Wildman–Crippen MR) is 70.2 cm³/mol. The molecule has 0 spiro atoms. The second-order valence-corrected chi connectivity index (χ2v) is 4.56. The van der Waals surface area contributed by atoms with Gasteiger partial charge in [-0.15, -0.1) is 0 Å². The number of likely N-dealkylation sites (N-methyl/N-ethyl adjacent to an activating group) is 1. The van der Waals surface area contributed by atoms with Crippen LogP contribution in [0.3, 0.4) is 0 Å². The maximum Gasteiger partial charge on any atom is 0.222 e. The number of nitriles is 1. The van der Waals surface area contributed by atoms with Gasteiger partial charge in [0.15, 0.2) is 0 Å². The zero-order chi connectivity index (χ0) is 13.0. The van der Waals surface area contributed by atoms with Crippen molar-refractivity contribution in [3.63, 3.8) is 0 Å². The zero-order valence-corrected chi connectivity index (χ0v) is 10.6. The van der Waals surface area contributed by atoms with Crippen molar-refractivity contribution in [2.24, 2.45) is 0 Å². The first-order valence-electron chi connectivity index (χ1n) is 6.20. The van der Waals surface area contributed by atoms with E-state index in [2.05, 4.69) is 11.0 Å². The number of nitrogens with zero attached hydrogens (tertiary/aromatic N) is 3. The fourth-order valence-electron chi connectivity index (χ4n) is 2.13. The summed E-state index contributed by atoms with van der Waals surface area (Å²) in [5.41, 5.74) is 1.74. The third-order valence-electron chi connectivity index (χ3n) is 3.31. The van der Waals surface area contributed by atoms with Gasteiger partial charge in [-0.2, -0.15) is 5.26 Å². The van der Waals surface area contributed by atoms with Gasteiger partial charge in [-0.3, -0.25) is 4.79 Å². The Morgan fingerprint density at radius 3 is 2.67 bits per heavy atom. The average molecular weight is 243 g/mol. The Morgan fingerprint density at radius 2 is 2.11 bits per heavy atom. The highest BCUT2D eigenvalue weighted by Crippen LogP contribution is 2.14. The number of likely N-dealkylation sites (tertiary alicyclic amines) is 1. The summed E-state index contributed by atoms with van der Waals surface area (Å²) in [4.78, 5) is 15.5. The normalized spacial score (nSPS) is 14.7. The Morgan fingerprint density at radius 1 is 1.39 bits per heavy atom. The molecule has 1 aliphatic heterocycles. The summed E-state index contributed by atoms with van der Waals surface area (Å²) in [7, 11) is 2.00. The largest absolute Gasteiger partial charge is 0.373 e. The molecule has 0 N–H and O–H groups in total.